The number of hydrogen-bond donors (Lipinski definition) is 1. The fourth-order valence-corrected chi connectivity index (χ4v) is 1.56. The number of aromatic nitrogens is 4. The van der Waals surface area contributed by atoms with Gasteiger partial charge in [-0.1, -0.05) is 30.6 Å². The van der Waals surface area contributed by atoms with Crippen LogP contribution in [0.1, 0.15) is 37.3 Å². The molecule has 0 radical (unpaired) electrons. The first-order chi connectivity index (χ1) is 8.54. The average Bonchev–Trinajstić information content (AvgIpc) is 2.72. The molecule has 6 nitrogen and oxygen atoms in total. The zero-order valence-corrected chi connectivity index (χ0v) is 11.2. The molecule has 2 heterocycles. The first kappa shape index (κ1) is 12.8. The Balaban J connectivity index is 2.09. The summed E-state index contributed by atoms with van der Waals surface area (Å²) in [6.45, 7) is 6.20. The molecule has 0 amide bonds. The van der Waals surface area contributed by atoms with E-state index in [9.17, 15) is 0 Å². The standard InChI is InChI=1S/C11H14ClN5O/c1-6(2)11-15-8(12)4-9(16-11)13-5-10-14-7(3)18-17-10/h4,6H,5H2,1-3H3,(H,13,15,16). The van der Waals surface area contributed by atoms with Crippen molar-refractivity contribution in [3.05, 3.63) is 28.8 Å². The lowest BCUT2D eigenvalue weighted by molar-refractivity contribution is 0.388. The Kier molecular flexibility index (Phi) is 3.76. The molecule has 96 valence electrons. The minimum absolute atomic E-state index is 0.219. The molecule has 0 atom stereocenters. The van der Waals surface area contributed by atoms with Crippen LogP contribution in [0.15, 0.2) is 10.6 Å². The highest BCUT2D eigenvalue weighted by molar-refractivity contribution is 6.29. The summed E-state index contributed by atoms with van der Waals surface area (Å²) < 4.78 is 4.88. The average molecular weight is 268 g/mol. The van der Waals surface area contributed by atoms with Crippen molar-refractivity contribution in [2.45, 2.75) is 33.2 Å². The van der Waals surface area contributed by atoms with Crippen LogP contribution in [0.2, 0.25) is 5.15 Å². The minimum atomic E-state index is 0.219. The van der Waals surface area contributed by atoms with Crippen LogP contribution < -0.4 is 5.32 Å². The predicted octanol–water partition coefficient (Wildman–Crippen LogP) is 2.56. The van der Waals surface area contributed by atoms with E-state index >= 15 is 0 Å². The number of nitrogens with one attached hydrogen (secondary N) is 1. The molecule has 0 bridgehead atoms. The van der Waals surface area contributed by atoms with Crippen molar-refractivity contribution in [1.29, 1.82) is 0 Å². The first-order valence-electron chi connectivity index (χ1n) is 5.62. The van der Waals surface area contributed by atoms with Crippen molar-refractivity contribution < 1.29 is 4.52 Å². The van der Waals surface area contributed by atoms with E-state index in [1.54, 1.807) is 13.0 Å². The molecule has 7 heteroatoms. The predicted molar refractivity (Wildman–Crippen MR) is 67.5 cm³/mol. The van der Waals surface area contributed by atoms with E-state index in [2.05, 4.69) is 25.4 Å². The van der Waals surface area contributed by atoms with Gasteiger partial charge in [0.15, 0.2) is 5.82 Å². The maximum atomic E-state index is 5.94. The van der Waals surface area contributed by atoms with Gasteiger partial charge in [0.05, 0.1) is 6.54 Å². The summed E-state index contributed by atoms with van der Waals surface area (Å²) in [5, 5.41) is 7.29. The largest absolute Gasteiger partial charge is 0.362 e. The molecule has 18 heavy (non-hydrogen) atoms. The smallest absolute Gasteiger partial charge is 0.223 e. The molecule has 1 N–H and O–H groups in total. The van der Waals surface area contributed by atoms with Gasteiger partial charge in [0, 0.05) is 18.9 Å². The van der Waals surface area contributed by atoms with Gasteiger partial charge in [-0.25, -0.2) is 9.97 Å². The van der Waals surface area contributed by atoms with E-state index in [0.717, 1.165) is 0 Å². The Morgan fingerprint density at radius 3 is 2.72 bits per heavy atom. The van der Waals surface area contributed by atoms with Crippen molar-refractivity contribution in [2.75, 3.05) is 5.32 Å². The summed E-state index contributed by atoms with van der Waals surface area (Å²) in [6.07, 6.45) is 0. The Hall–Kier alpha value is -1.69. The van der Waals surface area contributed by atoms with E-state index in [4.69, 9.17) is 16.1 Å². The van der Waals surface area contributed by atoms with Crippen LogP contribution in [0, 0.1) is 6.92 Å². The summed E-state index contributed by atoms with van der Waals surface area (Å²) >= 11 is 5.94. The Morgan fingerprint density at radius 1 is 1.33 bits per heavy atom. The summed E-state index contributed by atoms with van der Waals surface area (Å²) in [7, 11) is 0. The fourth-order valence-electron chi connectivity index (χ4n) is 1.37. The van der Waals surface area contributed by atoms with Gasteiger partial charge < -0.3 is 9.84 Å². The minimum Gasteiger partial charge on any atom is -0.362 e. The van der Waals surface area contributed by atoms with Gasteiger partial charge in [-0.15, -0.1) is 0 Å². The summed E-state index contributed by atoms with van der Waals surface area (Å²) in [5.74, 6) is 2.69. The quantitative estimate of drug-likeness (QED) is 0.858. The van der Waals surface area contributed by atoms with Crippen LogP contribution >= 0.6 is 11.6 Å². The highest BCUT2D eigenvalue weighted by Crippen LogP contribution is 2.17. The molecule has 0 aliphatic carbocycles. The zero-order chi connectivity index (χ0) is 13.1. The lowest BCUT2D eigenvalue weighted by Crippen LogP contribution is -2.06. The van der Waals surface area contributed by atoms with Crippen LogP contribution in [0.5, 0.6) is 0 Å². The van der Waals surface area contributed by atoms with E-state index in [1.807, 2.05) is 13.8 Å². The Morgan fingerprint density at radius 2 is 2.11 bits per heavy atom. The Labute approximate surface area is 110 Å². The van der Waals surface area contributed by atoms with Gasteiger partial charge in [0.25, 0.3) is 0 Å². The molecule has 0 unspecified atom stereocenters. The zero-order valence-electron chi connectivity index (χ0n) is 10.4. The molecule has 0 aromatic carbocycles. The molecule has 0 fully saturated rings. The first-order valence-corrected chi connectivity index (χ1v) is 6.00. The van der Waals surface area contributed by atoms with Crippen LogP contribution in [0.4, 0.5) is 5.82 Å². The molecule has 2 rings (SSSR count). The summed E-state index contributed by atoms with van der Waals surface area (Å²) in [5.41, 5.74) is 0. The van der Waals surface area contributed by atoms with E-state index < -0.39 is 0 Å². The second-order valence-electron chi connectivity index (χ2n) is 4.17. The van der Waals surface area contributed by atoms with Crippen LogP contribution in [-0.4, -0.2) is 20.1 Å². The van der Waals surface area contributed by atoms with Gasteiger partial charge in [0.1, 0.15) is 16.8 Å². The third-order valence-electron chi connectivity index (χ3n) is 2.23. The molecule has 0 aliphatic rings. The second-order valence-corrected chi connectivity index (χ2v) is 4.56. The van der Waals surface area contributed by atoms with Crippen LogP contribution in [-0.2, 0) is 6.54 Å². The van der Waals surface area contributed by atoms with Crippen LogP contribution in [0.3, 0.4) is 0 Å². The van der Waals surface area contributed by atoms with Gasteiger partial charge >= 0.3 is 0 Å². The van der Waals surface area contributed by atoms with E-state index in [-0.39, 0.29) is 5.92 Å². The molecular formula is C11H14ClN5O. The number of anilines is 1. The maximum absolute atomic E-state index is 5.94. The van der Waals surface area contributed by atoms with Crippen molar-refractivity contribution in [2.24, 2.45) is 0 Å². The molecule has 0 aliphatic heterocycles. The number of aryl methyl sites for hydroxylation is 1. The normalized spacial score (nSPS) is 10.9. The van der Waals surface area contributed by atoms with Gasteiger partial charge in [-0.2, -0.15) is 4.98 Å². The third-order valence-corrected chi connectivity index (χ3v) is 2.42. The molecule has 0 spiro atoms. The molecule has 0 saturated carbocycles. The monoisotopic (exact) mass is 267 g/mol. The lowest BCUT2D eigenvalue weighted by Gasteiger charge is -2.08. The molecule has 2 aromatic heterocycles. The highest BCUT2D eigenvalue weighted by atomic mass is 35.5. The topological polar surface area (TPSA) is 76.7 Å². The number of halogens is 1. The summed E-state index contributed by atoms with van der Waals surface area (Å²) in [6, 6.07) is 1.67. The Bertz CT molecular complexity index is 540. The number of hydrogen-bond acceptors (Lipinski definition) is 6. The molecular weight excluding hydrogens is 254 g/mol. The fraction of sp³-hybridized carbons (Fsp3) is 0.455. The lowest BCUT2D eigenvalue weighted by atomic mass is 10.2. The number of rotatable bonds is 4. The van der Waals surface area contributed by atoms with E-state index in [0.29, 0.717) is 35.1 Å². The summed E-state index contributed by atoms with van der Waals surface area (Å²) in [4.78, 5) is 12.6. The van der Waals surface area contributed by atoms with Gasteiger partial charge in [-0.05, 0) is 0 Å². The van der Waals surface area contributed by atoms with Gasteiger partial charge in [-0.3, -0.25) is 0 Å². The number of nitrogens with zero attached hydrogens (tertiary/aromatic N) is 4. The maximum Gasteiger partial charge on any atom is 0.223 e. The van der Waals surface area contributed by atoms with Crippen molar-refractivity contribution in [3.63, 3.8) is 0 Å². The molecule has 0 saturated heterocycles. The SMILES string of the molecule is Cc1nc(CNc2cc(Cl)nc(C(C)C)n2)no1. The van der Waals surface area contributed by atoms with Crippen molar-refractivity contribution in [3.8, 4) is 0 Å². The third kappa shape index (κ3) is 3.16. The van der Waals surface area contributed by atoms with E-state index in [1.165, 1.54) is 0 Å². The van der Waals surface area contributed by atoms with Crippen molar-refractivity contribution >= 4 is 17.4 Å². The van der Waals surface area contributed by atoms with Gasteiger partial charge in [0.2, 0.25) is 5.89 Å². The van der Waals surface area contributed by atoms with Crippen LogP contribution in [0.25, 0.3) is 0 Å². The molecule has 2 aromatic rings. The highest BCUT2D eigenvalue weighted by Gasteiger charge is 2.08. The second kappa shape index (κ2) is 5.30. The van der Waals surface area contributed by atoms with Crippen molar-refractivity contribution in [1.82, 2.24) is 20.1 Å².